The molecule has 1 aliphatic rings. The Bertz CT molecular complexity index is 808. The maximum Gasteiger partial charge on any atom is 0.416 e. The molecular weight excluding hydrogens is 317 g/mol. The van der Waals surface area contributed by atoms with Gasteiger partial charge in [0.15, 0.2) is 0 Å². The predicted octanol–water partition coefficient (Wildman–Crippen LogP) is 3.39. The molecule has 2 aromatic rings. The van der Waals surface area contributed by atoms with Gasteiger partial charge in [-0.3, -0.25) is 10.0 Å². The van der Waals surface area contributed by atoms with Crippen molar-refractivity contribution >= 4 is 17.2 Å². The minimum absolute atomic E-state index is 0.188. The van der Waals surface area contributed by atoms with Gasteiger partial charge in [0.25, 0.3) is 0 Å². The molecule has 0 aliphatic carbocycles. The molecule has 1 aliphatic heterocycles. The first kappa shape index (κ1) is 16.2. The SMILES string of the molecule is CN(N)C1=Nc2ccc(C(F)(F)F)cc2C(c2ccccc2)=NC1. The number of nitrogens with zero attached hydrogens (tertiary/aromatic N) is 3. The van der Waals surface area contributed by atoms with E-state index >= 15 is 0 Å². The molecule has 0 aromatic heterocycles. The molecule has 0 amide bonds. The van der Waals surface area contributed by atoms with Crippen molar-refractivity contribution in [1.29, 1.82) is 0 Å². The van der Waals surface area contributed by atoms with Crippen LogP contribution in [0.5, 0.6) is 0 Å². The third kappa shape index (κ3) is 3.16. The van der Waals surface area contributed by atoms with Crippen molar-refractivity contribution in [3.63, 3.8) is 0 Å². The second-order valence-electron chi connectivity index (χ2n) is 5.40. The highest BCUT2D eigenvalue weighted by Crippen LogP contribution is 2.34. The molecule has 0 bridgehead atoms. The number of alkyl halides is 3. The molecule has 0 fully saturated rings. The van der Waals surface area contributed by atoms with Crippen LogP contribution in [-0.4, -0.2) is 30.1 Å². The Morgan fingerprint density at radius 2 is 1.79 bits per heavy atom. The molecule has 0 unspecified atom stereocenters. The van der Waals surface area contributed by atoms with E-state index in [0.717, 1.165) is 17.7 Å². The number of halogens is 3. The summed E-state index contributed by atoms with van der Waals surface area (Å²) in [5, 5.41) is 1.32. The van der Waals surface area contributed by atoms with Crippen LogP contribution in [0.1, 0.15) is 16.7 Å². The van der Waals surface area contributed by atoms with Gasteiger partial charge in [-0.15, -0.1) is 0 Å². The number of benzene rings is 2. The van der Waals surface area contributed by atoms with E-state index in [9.17, 15) is 13.2 Å². The highest BCUT2D eigenvalue weighted by Gasteiger charge is 2.32. The number of hydrogen-bond acceptors (Lipinski definition) is 4. The van der Waals surface area contributed by atoms with E-state index in [1.807, 2.05) is 18.2 Å². The zero-order valence-corrected chi connectivity index (χ0v) is 12.9. The fourth-order valence-corrected chi connectivity index (χ4v) is 2.44. The molecule has 4 nitrogen and oxygen atoms in total. The standard InChI is InChI=1S/C17H15F3N4/c1-24(21)15-10-22-16(11-5-3-2-4-6-11)13-9-12(17(18,19)20)7-8-14(13)23-15/h2-9H,10,21H2,1H3. The average Bonchev–Trinajstić information content (AvgIpc) is 2.74. The topological polar surface area (TPSA) is 54.0 Å². The molecule has 0 saturated heterocycles. The van der Waals surface area contributed by atoms with Crippen LogP contribution in [0, 0.1) is 0 Å². The predicted molar refractivity (Wildman–Crippen MR) is 87.4 cm³/mol. The van der Waals surface area contributed by atoms with Crippen molar-refractivity contribution in [2.24, 2.45) is 15.8 Å². The highest BCUT2D eigenvalue weighted by atomic mass is 19.4. The van der Waals surface area contributed by atoms with Crippen LogP contribution in [0.25, 0.3) is 0 Å². The molecule has 7 heteroatoms. The molecule has 2 N–H and O–H groups in total. The van der Waals surface area contributed by atoms with E-state index < -0.39 is 11.7 Å². The zero-order chi connectivity index (χ0) is 17.3. The van der Waals surface area contributed by atoms with Crippen molar-refractivity contribution in [3.05, 3.63) is 65.2 Å². The molecule has 1 heterocycles. The van der Waals surface area contributed by atoms with Gasteiger partial charge in [0.05, 0.1) is 23.5 Å². The number of hydrogen-bond donors (Lipinski definition) is 1. The number of aliphatic imine (C=N–C) groups is 2. The molecule has 0 radical (unpaired) electrons. The van der Waals surface area contributed by atoms with Crippen LogP contribution in [-0.2, 0) is 6.18 Å². The van der Waals surface area contributed by atoms with E-state index in [0.29, 0.717) is 22.8 Å². The van der Waals surface area contributed by atoms with E-state index in [2.05, 4.69) is 9.98 Å². The van der Waals surface area contributed by atoms with Crippen LogP contribution in [0.3, 0.4) is 0 Å². The largest absolute Gasteiger partial charge is 0.416 e. The summed E-state index contributed by atoms with van der Waals surface area (Å²) >= 11 is 0. The third-order valence-corrected chi connectivity index (χ3v) is 3.66. The maximum atomic E-state index is 13.1. The normalized spacial score (nSPS) is 14.4. The van der Waals surface area contributed by atoms with Crippen molar-refractivity contribution in [3.8, 4) is 0 Å². The number of likely N-dealkylation sites (N-methyl/N-ethyl adjacent to an activating group) is 1. The van der Waals surface area contributed by atoms with Gasteiger partial charge in [-0.1, -0.05) is 30.3 Å². The van der Waals surface area contributed by atoms with Crippen LogP contribution < -0.4 is 5.84 Å². The van der Waals surface area contributed by atoms with Gasteiger partial charge in [0, 0.05) is 18.2 Å². The third-order valence-electron chi connectivity index (χ3n) is 3.66. The molecular formula is C17H15F3N4. The van der Waals surface area contributed by atoms with E-state index in [-0.39, 0.29) is 6.54 Å². The molecule has 0 saturated carbocycles. The lowest BCUT2D eigenvalue weighted by Crippen LogP contribution is -2.34. The van der Waals surface area contributed by atoms with Gasteiger partial charge in [0.2, 0.25) is 0 Å². The molecule has 2 aromatic carbocycles. The van der Waals surface area contributed by atoms with Crippen molar-refractivity contribution in [2.45, 2.75) is 6.18 Å². The van der Waals surface area contributed by atoms with Crippen LogP contribution >= 0.6 is 0 Å². The quantitative estimate of drug-likeness (QED) is 0.643. The monoisotopic (exact) mass is 332 g/mol. The Kier molecular flexibility index (Phi) is 4.11. The first-order valence-electron chi connectivity index (χ1n) is 7.24. The van der Waals surface area contributed by atoms with E-state index in [1.54, 1.807) is 19.2 Å². The zero-order valence-electron chi connectivity index (χ0n) is 12.9. The Labute approximate surface area is 137 Å². The maximum absolute atomic E-state index is 13.1. The minimum atomic E-state index is -4.43. The second-order valence-corrected chi connectivity index (χ2v) is 5.40. The number of rotatable bonds is 1. The summed E-state index contributed by atoms with van der Waals surface area (Å²) in [6, 6.07) is 12.5. The summed E-state index contributed by atoms with van der Waals surface area (Å²) in [6.45, 7) is 0.188. The Morgan fingerprint density at radius 3 is 2.42 bits per heavy atom. The summed E-state index contributed by atoms with van der Waals surface area (Å²) in [7, 11) is 1.62. The fraction of sp³-hybridized carbons (Fsp3) is 0.176. The molecule has 3 rings (SSSR count). The van der Waals surface area contributed by atoms with Gasteiger partial charge in [-0.05, 0) is 18.2 Å². The lowest BCUT2D eigenvalue weighted by atomic mass is 9.98. The Balaban J connectivity index is 2.21. The second kappa shape index (κ2) is 6.09. The number of nitrogens with two attached hydrogens (primary N) is 1. The van der Waals surface area contributed by atoms with Gasteiger partial charge >= 0.3 is 6.18 Å². The number of fused-ring (bicyclic) bond motifs is 1. The van der Waals surface area contributed by atoms with E-state index in [4.69, 9.17) is 5.84 Å². The van der Waals surface area contributed by atoms with Crippen LogP contribution in [0.15, 0.2) is 58.5 Å². The molecule has 24 heavy (non-hydrogen) atoms. The minimum Gasteiger partial charge on any atom is -0.300 e. The molecule has 124 valence electrons. The fourth-order valence-electron chi connectivity index (χ4n) is 2.44. The van der Waals surface area contributed by atoms with Crippen molar-refractivity contribution in [1.82, 2.24) is 5.01 Å². The molecule has 0 spiro atoms. The number of amidine groups is 1. The smallest absolute Gasteiger partial charge is 0.300 e. The van der Waals surface area contributed by atoms with Gasteiger partial charge in [-0.2, -0.15) is 13.2 Å². The van der Waals surface area contributed by atoms with Gasteiger partial charge in [0.1, 0.15) is 5.84 Å². The van der Waals surface area contributed by atoms with Crippen LogP contribution in [0.2, 0.25) is 0 Å². The summed E-state index contributed by atoms with van der Waals surface area (Å²) in [4.78, 5) is 8.83. The summed E-state index contributed by atoms with van der Waals surface area (Å²) in [5.41, 5.74) is 1.22. The van der Waals surface area contributed by atoms with E-state index in [1.165, 1.54) is 11.1 Å². The highest BCUT2D eigenvalue weighted by molar-refractivity contribution is 6.17. The average molecular weight is 332 g/mol. The van der Waals surface area contributed by atoms with Crippen molar-refractivity contribution in [2.75, 3.05) is 13.6 Å². The van der Waals surface area contributed by atoms with Crippen molar-refractivity contribution < 1.29 is 13.2 Å². The van der Waals surface area contributed by atoms with Crippen LogP contribution in [0.4, 0.5) is 18.9 Å². The summed E-state index contributed by atoms with van der Waals surface area (Å²) in [5.74, 6) is 6.20. The first-order chi connectivity index (χ1) is 11.4. The number of hydrazine groups is 1. The summed E-state index contributed by atoms with van der Waals surface area (Å²) in [6.07, 6.45) is -4.43. The lowest BCUT2D eigenvalue weighted by molar-refractivity contribution is -0.137. The Morgan fingerprint density at radius 1 is 1.08 bits per heavy atom. The van der Waals surface area contributed by atoms with Gasteiger partial charge < -0.3 is 0 Å². The molecule has 0 atom stereocenters. The lowest BCUT2D eigenvalue weighted by Gasteiger charge is -2.13. The first-order valence-corrected chi connectivity index (χ1v) is 7.24. The summed E-state index contributed by atoms with van der Waals surface area (Å²) < 4.78 is 39.3. The van der Waals surface area contributed by atoms with Gasteiger partial charge in [-0.25, -0.2) is 10.8 Å². The Hall–Kier alpha value is -2.67.